The van der Waals surface area contributed by atoms with Crippen LogP contribution >= 0.6 is 11.6 Å². The molecular formula is C16H12ClNO2. The number of nitrogens with one attached hydrogen (secondary N) is 1. The Bertz CT molecular complexity index is 722. The average Bonchev–Trinajstić information content (AvgIpc) is 2.75. The lowest BCUT2D eigenvalue weighted by molar-refractivity contribution is -0.110. The van der Waals surface area contributed by atoms with Crippen LogP contribution in [0.2, 0.25) is 5.02 Å². The Labute approximate surface area is 121 Å². The third-order valence-electron chi connectivity index (χ3n) is 3.20. The van der Waals surface area contributed by atoms with E-state index < -0.39 is 0 Å². The zero-order valence-corrected chi connectivity index (χ0v) is 11.6. The summed E-state index contributed by atoms with van der Waals surface area (Å²) >= 11 is 5.94. The second-order valence-corrected chi connectivity index (χ2v) is 4.88. The van der Waals surface area contributed by atoms with Crippen molar-refractivity contribution in [1.29, 1.82) is 0 Å². The summed E-state index contributed by atoms with van der Waals surface area (Å²) in [6.45, 7) is 0. The van der Waals surface area contributed by atoms with Crippen LogP contribution in [0.5, 0.6) is 5.75 Å². The minimum absolute atomic E-state index is 0.131. The smallest absolute Gasteiger partial charge is 0.256 e. The van der Waals surface area contributed by atoms with Gasteiger partial charge in [-0.1, -0.05) is 35.9 Å². The number of fused-ring (bicyclic) bond motifs is 1. The summed E-state index contributed by atoms with van der Waals surface area (Å²) in [5.74, 6) is 0.600. The summed E-state index contributed by atoms with van der Waals surface area (Å²) in [6, 6.07) is 12.9. The average molecular weight is 286 g/mol. The Morgan fingerprint density at radius 1 is 1.20 bits per heavy atom. The first-order valence-electron chi connectivity index (χ1n) is 6.15. The van der Waals surface area contributed by atoms with Crippen molar-refractivity contribution in [2.75, 3.05) is 12.4 Å². The van der Waals surface area contributed by atoms with E-state index in [1.165, 1.54) is 0 Å². The van der Waals surface area contributed by atoms with Crippen LogP contribution in [-0.2, 0) is 4.79 Å². The maximum absolute atomic E-state index is 12.1. The van der Waals surface area contributed by atoms with Gasteiger partial charge in [0, 0.05) is 21.7 Å². The first kappa shape index (κ1) is 12.8. The van der Waals surface area contributed by atoms with Gasteiger partial charge in [-0.3, -0.25) is 4.79 Å². The van der Waals surface area contributed by atoms with Crippen LogP contribution in [0, 0.1) is 0 Å². The molecule has 1 aliphatic heterocycles. The number of hydrogen-bond donors (Lipinski definition) is 1. The Hall–Kier alpha value is -2.26. The molecule has 1 heterocycles. The molecule has 2 aromatic rings. The molecule has 0 spiro atoms. The van der Waals surface area contributed by atoms with Crippen LogP contribution in [0.4, 0.5) is 5.69 Å². The molecule has 3 rings (SSSR count). The highest BCUT2D eigenvalue weighted by Crippen LogP contribution is 2.35. The Morgan fingerprint density at radius 2 is 2.00 bits per heavy atom. The molecule has 20 heavy (non-hydrogen) atoms. The van der Waals surface area contributed by atoms with E-state index >= 15 is 0 Å². The van der Waals surface area contributed by atoms with Crippen molar-refractivity contribution in [2.45, 2.75) is 0 Å². The Morgan fingerprint density at radius 3 is 2.80 bits per heavy atom. The van der Waals surface area contributed by atoms with Gasteiger partial charge in [0.1, 0.15) is 5.75 Å². The molecule has 1 N–H and O–H groups in total. The van der Waals surface area contributed by atoms with E-state index in [9.17, 15) is 4.79 Å². The molecule has 4 heteroatoms. The number of methoxy groups -OCH3 is 1. The van der Waals surface area contributed by atoms with Gasteiger partial charge in [0.25, 0.3) is 5.91 Å². The molecular weight excluding hydrogens is 274 g/mol. The molecule has 0 aliphatic carbocycles. The van der Waals surface area contributed by atoms with Crippen molar-refractivity contribution in [3.63, 3.8) is 0 Å². The van der Waals surface area contributed by atoms with Crippen LogP contribution in [0.1, 0.15) is 11.1 Å². The number of anilines is 1. The lowest BCUT2D eigenvalue weighted by atomic mass is 10.0. The Balaban J connectivity index is 2.11. The quantitative estimate of drug-likeness (QED) is 0.851. The molecule has 1 amide bonds. The number of carbonyl (C=O) groups excluding carboxylic acids is 1. The highest BCUT2D eigenvalue weighted by atomic mass is 35.5. The molecule has 0 radical (unpaired) electrons. The third kappa shape index (κ3) is 2.17. The van der Waals surface area contributed by atoms with Gasteiger partial charge in [-0.15, -0.1) is 0 Å². The summed E-state index contributed by atoms with van der Waals surface area (Å²) in [4.78, 5) is 12.1. The van der Waals surface area contributed by atoms with Crippen molar-refractivity contribution >= 4 is 34.8 Å². The lowest BCUT2D eigenvalue weighted by Crippen LogP contribution is -2.03. The molecule has 3 nitrogen and oxygen atoms in total. The second kappa shape index (κ2) is 5.02. The van der Waals surface area contributed by atoms with E-state index in [1.807, 2.05) is 36.4 Å². The molecule has 0 saturated heterocycles. The minimum Gasteiger partial charge on any atom is -0.496 e. The summed E-state index contributed by atoms with van der Waals surface area (Å²) in [6.07, 6.45) is 1.83. The van der Waals surface area contributed by atoms with E-state index in [0.29, 0.717) is 10.6 Å². The number of rotatable bonds is 2. The zero-order valence-electron chi connectivity index (χ0n) is 10.8. The summed E-state index contributed by atoms with van der Waals surface area (Å²) in [5, 5.41) is 3.41. The van der Waals surface area contributed by atoms with Crippen LogP contribution in [0.15, 0.2) is 42.5 Å². The fraction of sp³-hybridized carbons (Fsp3) is 0.0625. The number of benzene rings is 2. The highest BCUT2D eigenvalue weighted by Gasteiger charge is 2.24. The van der Waals surface area contributed by atoms with Crippen LogP contribution in [0.25, 0.3) is 11.6 Å². The predicted octanol–water partition coefficient (Wildman–Crippen LogP) is 3.84. The number of halogens is 1. The van der Waals surface area contributed by atoms with Gasteiger partial charge in [-0.25, -0.2) is 0 Å². The van der Waals surface area contributed by atoms with Crippen molar-refractivity contribution < 1.29 is 9.53 Å². The van der Waals surface area contributed by atoms with Crippen molar-refractivity contribution in [3.8, 4) is 5.75 Å². The maximum atomic E-state index is 12.1. The van der Waals surface area contributed by atoms with E-state index in [0.717, 1.165) is 22.6 Å². The summed E-state index contributed by atoms with van der Waals surface area (Å²) in [5.41, 5.74) is 3.07. The largest absolute Gasteiger partial charge is 0.496 e. The molecule has 1 aliphatic rings. The number of amides is 1. The molecule has 2 aromatic carbocycles. The van der Waals surface area contributed by atoms with Crippen molar-refractivity contribution in [3.05, 3.63) is 58.6 Å². The van der Waals surface area contributed by atoms with Gasteiger partial charge in [-0.2, -0.15) is 0 Å². The number of ether oxygens (including phenoxy) is 1. The van der Waals surface area contributed by atoms with E-state index in [4.69, 9.17) is 16.3 Å². The highest BCUT2D eigenvalue weighted by molar-refractivity contribution is 6.36. The first-order valence-corrected chi connectivity index (χ1v) is 6.53. The van der Waals surface area contributed by atoms with Gasteiger partial charge in [0.2, 0.25) is 0 Å². The topological polar surface area (TPSA) is 38.3 Å². The van der Waals surface area contributed by atoms with Crippen LogP contribution in [-0.4, -0.2) is 13.0 Å². The Kier molecular flexibility index (Phi) is 3.20. The molecule has 100 valence electrons. The van der Waals surface area contributed by atoms with E-state index in [2.05, 4.69) is 5.32 Å². The molecule has 0 atom stereocenters. The third-order valence-corrected chi connectivity index (χ3v) is 3.44. The lowest BCUT2D eigenvalue weighted by Gasteiger charge is -2.05. The van der Waals surface area contributed by atoms with Crippen LogP contribution in [0.3, 0.4) is 0 Å². The molecule has 0 unspecified atom stereocenters. The monoisotopic (exact) mass is 285 g/mol. The standard InChI is InChI=1S/C16H12ClNO2/c1-20-15-5-3-2-4-10(15)8-13-12-7-6-11(17)9-14(12)18-16(13)19/h2-9H,1H3,(H,18,19)/b13-8+. The minimum atomic E-state index is -0.131. The molecule has 0 bridgehead atoms. The van der Waals surface area contributed by atoms with Crippen molar-refractivity contribution in [1.82, 2.24) is 0 Å². The molecule has 0 fully saturated rings. The summed E-state index contributed by atoms with van der Waals surface area (Å²) < 4.78 is 5.30. The van der Waals surface area contributed by atoms with Gasteiger partial charge in [-0.05, 0) is 24.3 Å². The number of para-hydroxylation sites is 1. The number of carbonyl (C=O) groups is 1. The first-order chi connectivity index (χ1) is 9.69. The molecule has 0 aromatic heterocycles. The van der Waals surface area contributed by atoms with Gasteiger partial charge in [0.15, 0.2) is 0 Å². The van der Waals surface area contributed by atoms with Gasteiger partial charge >= 0.3 is 0 Å². The fourth-order valence-corrected chi connectivity index (χ4v) is 2.42. The SMILES string of the molecule is COc1ccccc1/C=C1/C(=O)Nc2cc(Cl)ccc21. The molecule has 0 saturated carbocycles. The van der Waals surface area contributed by atoms with Crippen LogP contribution < -0.4 is 10.1 Å². The van der Waals surface area contributed by atoms with Gasteiger partial charge in [0.05, 0.1) is 12.8 Å². The zero-order chi connectivity index (χ0) is 14.1. The second-order valence-electron chi connectivity index (χ2n) is 4.44. The predicted molar refractivity (Wildman–Crippen MR) is 80.9 cm³/mol. The van der Waals surface area contributed by atoms with Crippen molar-refractivity contribution in [2.24, 2.45) is 0 Å². The van der Waals surface area contributed by atoms with E-state index in [1.54, 1.807) is 19.2 Å². The number of hydrogen-bond acceptors (Lipinski definition) is 2. The van der Waals surface area contributed by atoms with E-state index in [-0.39, 0.29) is 5.91 Å². The normalized spacial score (nSPS) is 15.1. The fourth-order valence-electron chi connectivity index (χ4n) is 2.25. The summed E-state index contributed by atoms with van der Waals surface area (Å²) in [7, 11) is 1.61. The van der Waals surface area contributed by atoms with Gasteiger partial charge < -0.3 is 10.1 Å². The maximum Gasteiger partial charge on any atom is 0.256 e.